The molecule has 2 aliphatic heterocycles. The Morgan fingerprint density at radius 2 is 2.14 bits per heavy atom. The molecular weight excluding hydrogens is 397 g/mol. The fourth-order valence-electron chi connectivity index (χ4n) is 3.95. The van der Waals surface area contributed by atoms with E-state index in [1.165, 1.54) is 18.2 Å². The highest BCUT2D eigenvalue weighted by Crippen LogP contribution is 2.36. The van der Waals surface area contributed by atoms with Crippen LogP contribution in [0.15, 0.2) is 24.4 Å². The molecule has 7 nitrogen and oxygen atoms in total. The predicted octanol–water partition coefficient (Wildman–Crippen LogP) is 3.87. The average Bonchev–Trinajstić information content (AvgIpc) is 3.15. The number of nitrogens with zero attached hydrogens (tertiary/aromatic N) is 4. The van der Waals surface area contributed by atoms with Crippen LogP contribution in [0.2, 0.25) is 5.02 Å². The zero-order valence-electron chi connectivity index (χ0n) is 16.6. The summed E-state index contributed by atoms with van der Waals surface area (Å²) in [5, 5.41) is 7.16. The largest absolute Gasteiger partial charge is 0.322 e. The zero-order valence-corrected chi connectivity index (χ0v) is 17.3. The third-order valence-corrected chi connectivity index (χ3v) is 5.75. The predicted molar refractivity (Wildman–Crippen MR) is 108 cm³/mol. The number of hydrogen-bond donors (Lipinski definition) is 1. The molecule has 1 aromatic heterocycles. The lowest BCUT2D eigenvalue weighted by atomic mass is 9.93. The number of rotatable bonds is 2. The second kappa shape index (κ2) is 7.02. The molecule has 1 N–H and O–H groups in total. The van der Waals surface area contributed by atoms with Crippen molar-refractivity contribution in [2.45, 2.75) is 46.3 Å². The van der Waals surface area contributed by atoms with E-state index in [0.29, 0.717) is 31.7 Å². The van der Waals surface area contributed by atoms with Gasteiger partial charge in [0.2, 0.25) is 5.91 Å². The minimum absolute atomic E-state index is 0.0509. The summed E-state index contributed by atoms with van der Waals surface area (Å²) >= 11 is 5.81. The van der Waals surface area contributed by atoms with Gasteiger partial charge in [-0.25, -0.2) is 9.18 Å². The maximum Gasteiger partial charge on any atom is 0.322 e. The van der Waals surface area contributed by atoms with Gasteiger partial charge in [0.05, 0.1) is 41.7 Å². The van der Waals surface area contributed by atoms with Crippen molar-refractivity contribution in [2.75, 3.05) is 16.8 Å². The number of carbonyl (C=O) groups excluding carboxylic acids is 2. The van der Waals surface area contributed by atoms with Gasteiger partial charge in [-0.05, 0) is 30.5 Å². The first-order valence-corrected chi connectivity index (χ1v) is 9.90. The van der Waals surface area contributed by atoms with Crippen LogP contribution in [0, 0.1) is 11.2 Å². The SMILES string of the molecule is CC1Cn2ncc(N3CC(C)(C)CC3=O)c2CN1C(=O)Nc1ccc(F)c(Cl)c1. The van der Waals surface area contributed by atoms with Crippen molar-refractivity contribution in [3.63, 3.8) is 0 Å². The van der Waals surface area contributed by atoms with E-state index in [1.54, 1.807) is 16.0 Å². The second-order valence-corrected chi connectivity index (χ2v) is 8.92. The molecule has 2 aliphatic rings. The van der Waals surface area contributed by atoms with Crippen LogP contribution in [0.5, 0.6) is 0 Å². The summed E-state index contributed by atoms with van der Waals surface area (Å²) in [6, 6.07) is 3.65. The van der Waals surface area contributed by atoms with Crippen molar-refractivity contribution >= 4 is 34.9 Å². The first kappa shape index (κ1) is 19.7. The van der Waals surface area contributed by atoms with E-state index < -0.39 is 5.82 Å². The number of halogens is 2. The zero-order chi connectivity index (χ0) is 20.9. The fourth-order valence-corrected chi connectivity index (χ4v) is 4.13. The van der Waals surface area contributed by atoms with E-state index in [1.807, 2.05) is 11.6 Å². The van der Waals surface area contributed by atoms with Gasteiger partial charge < -0.3 is 15.1 Å². The molecule has 0 spiro atoms. The molecule has 154 valence electrons. The van der Waals surface area contributed by atoms with Crippen LogP contribution in [0.4, 0.5) is 20.6 Å². The Hall–Kier alpha value is -2.61. The summed E-state index contributed by atoms with van der Waals surface area (Å²) in [4.78, 5) is 28.8. The minimum atomic E-state index is -0.539. The Balaban J connectivity index is 1.56. The Morgan fingerprint density at radius 3 is 2.79 bits per heavy atom. The molecule has 1 saturated heterocycles. The van der Waals surface area contributed by atoms with Gasteiger partial charge in [0.1, 0.15) is 5.82 Å². The molecular formula is C20H23ClFN5O2. The quantitative estimate of drug-likeness (QED) is 0.803. The van der Waals surface area contributed by atoms with Gasteiger partial charge in [0.15, 0.2) is 0 Å². The summed E-state index contributed by atoms with van der Waals surface area (Å²) in [5.74, 6) is -0.468. The molecule has 1 atom stereocenters. The third-order valence-electron chi connectivity index (χ3n) is 5.46. The van der Waals surface area contributed by atoms with Gasteiger partial charge >= 0.3 is 6.03 Å². The van der Waals surface area contributed by atoms with E-state index in [0.717, 1.165) is 11.4 Å². The molecule has 0 aliphatic carbocycles. The molecule has 0 radical (unpaired) electrons. The molecule has 29 heavy (non-hydrogen) atoms. The van der Waals surface area contributed by atoms with E-state index in [4.69, 9.17) is 11.6 Å². The van der Waals surface area contributed by atoms with Crippen molar-refractivity contribution < 1.29 is 14.0 Å². The minimum Gasteiger partial charge on any atom is -0.314 e. The molecule has 9 heteroatoms. The van der Waals surface area contributed by atoms with Crippen molar-refractivity contribution in [1.29, 1.82) is 0 Å². The number of fused-ring (bicyclic) bond motifs is 1. The van der Waals surface area contributed by atoms with Gasteiger partial charge in [-0.2, -0.15) is 5.10 Å². The van der Waals surface area contributed by atoms with E-state index in [2.05, 4.69) is 24.3 Å². The van der Waals surface area contributed by atoms with Crippen molar-refractivity contribution in [3.8, 4) is 0 Å². The van der Waals surface area contributed by atoms with Gasteiger partial charge in [-0.1, -0.05) is 25.4 Å². The summed E-state index contributed by atoms with van der Waals surface area (Å²) in [6.45, 7) is 7.54. The van der Waals surface area contributed by atoms with Gasteiger partial charge in [0, 0.05) is 18.7 Å². The number of amides is 3. The molecule has 2 aromatic rings. The summed E-state index contributed by atoms with van der Waals surface area (Å²) in [7, 11) is 0. The molecule has 0 bridgehead atoms. The van der Waals surface area contributed by atoms with E-state index in [9.17, 15) is 14.0 Å². The van der Waals surface area contributed by atoms with Crippen molar-refractivity contribution in [3.05, 3.63) is 40.9 Å². The number of carbonyl (C=O) groups is 2. The monoisotopic (exact) mass is 419 g/mol. The smallest absolute Gasteiger partial charge is 0.314 e. The highest BCUT2D eigenvalue weighted by molar-refractivity contribution is 6.31. The average molecular weight is 420 g/mol. The first-order chi connectivity index (χ1) is 13.6. The lowest BCUT2D eigenvalue weighted by molar-refractivity contribution is -0.117. The van der Waals surface area contributed by atoms with Crippen molar-refractivity contribution in [2.24, 2.45) is 5.41 Å². The normalized spacial score (nSPS) is 20.7. The number of anilines is 2. The number of urea groups is 1. The molecule has 3 heterocycles. The highest BCUT2D eigenvalue weighted by Gasteiger charge is 2.39. The van der Waals surface area contributed by atoms with Crippen LogP contribution in [0.1, 0.15) is 32.9 Å². The Kier molecular flexibility index (Phi) is 4.77. The van der Waals surface area contributed by atoms with Crippen LogP contribution < -0.4 is 10.2 Å². The van der Waals surface area contributed by atoms with Crippen LogP contribution in [0.25, 0.3) is 0 Å². The summed E-state index contributed by atoms with van der Waals surface area (Å²) < 4.78 is 15.2. The lowest BCUT2D eigenvalue weighted by Crippen LogP contribution is -2.47. The van der Waals surface area contributed by atoms with Crippen LogP contribution in [0.3, 0.4) is 0 Å². The van der Waals surface area contributed by atoms with Crippen LogP contribution in [-0.2, 0) is 17.9 Å². The summed E-state index contributed by atoms with van der Waals surface area (Å²) in [6.07, 6.45) is 2.20. The molecule has 4 rings (SSSR count). The molecule has 0 saturated carbocycles. The van der Waals surface area contributed by atoms with E-state index in [-0.39, 0.29) is 28.4 Å². The summed E-state index contributed by atoms with van der Waals surface area (Å²) in [5.41, 5.74) is 1.92. The number of benzene rings is 1. The Morgan fingerprint density at radius 1 is 1.38 bits per heavy atom. The number of nitrogens with one attached hydrogen (secondary N) is 1. The third kappa shape index (κ3) is 3.69. The lowest BCUT2D eigenvalue weighted by Gasteiger charge is -2.35. The van der Waals surface area contributed by atoms with E-state index >= 15 is 0 Å². The Labute approximate surface area is 173 Å². The molecule has 1 aromatic carbocycles. The van der Waals surface area contributed by atoms with Crippen molar-refractivity contribution in [1.82, 2.24) is 14.7 Å². The molecule has 3 amide bonds. The molecule has 1 fully saturated rings. The first-order valence-electron chi connectivity index (χ1n) is 9.52. The maximum absolute atomic E-state index is 13.4. The van der Waals surface area contributed by atoms with Gasteiger partial charge in [-0.15, -0.1) is 0 Å². The Bertz CT molecular complexity index is 989. The molecule has 1 unspecified atom stereocenters. The second-order valence-electron chi connectivity index (χ2n) is 8.52. The number of aromatic nitrogens is 2. The van der Waals surface area contributed by atoms with Crippen LogP contribution >= 0.6 is 11.6 Å². The van der Waals surface area contributed by atoms with Gasteiger partial charge in [-0.3, -0.25) is 9.48 Å². The maximum atomic E-state index is 13.4. The number of hydrogen-bond acceptors (Lipinski definition) is 3. The topological polar surface area (TPSA) is 70.5 Å². The fraction of sp³-hybridized carbons (Fsp3) is 0.450. The standard InChI is InChI=1S/C20H23ClFN5O2/c1-12-9-27-17(16(8-23-27)26-11-20(2,3)7-18(26)28)10-25(12)19(29)24-13-4-5-15(22)14(21)6-13/h4-6,8,12H,7,9-11H2,1-3H3,(H,24,29). The highest BCUT2D eigenvalue weighted by atomic mass is 35.5. The van der Waals surface area contributed by atoms with Gasteiger partial charge in [0.25, 0.3) is 0 Å². The van der Waals surface area contributed by atoms with Crippen LogP contribution in [-0.4, -0.2) is 39.2 Å².